The summed E-state index contributed by atoms with van der Waals surface area (Å²) in [5, 5.41) is 6.95. The predicted molar refractivity (Wildman–Crippen MR) is 102 cm³/mol. The van der Waals surface area contributed by atoms with Crippen LogP contribution < -0.4 is 16.1 Å². The molecule has 4 aromatic heterocycles. The van der Waals surface area contributed by atoms with Gasteiger partial charge < -0.3 is 14.0 Å². The summed E-state index contributed by atoms with van der Waals surface area (Å²) in [7, 11) is 1.54. The molecule has 1 atom stereocenters. The van der Waals surface area contributed by atoms with Crippen LogP contribution in [0.15, 0.2) is 38.1 Å². The Balaban J connectivity index is 1.53. The maximum atomic E-state index is 12.1. The van der Waals surface area contributed by atoms with E-state index in [4.69, 9.17) is 4.52 Å². The van der Waals surface area contributed by atoms with Crippen LogP contribution in [0.25, 0.3) is 21.6 Å². The number of nitrogens with zero attached hydrogens (tertiary/aromatic N) is 6. The van der Waals surface area contributed by atoms with Crippen molar-refractivity contribution in [3.63, 3.8) is 0 Å². The van der Waals surface area contributed by atoms with Crippen LogP contribution >= 0.6 is 11.3 Å². The van der Waals surface area contributed by atoms with E-state index in [0.717, 1.165) is 35.4 Å². The summed E-state index contributed by atoms with van der Waals surface area (Å²) in [6, 6.07) is 1.87. The second-order valence-corrected chi connectivity index (χ2v) is 7.45. The zero-order valence-corrected chi connectivity index (χ0v) is 15.6. The van der Waals surface area contributed by atoms with Gasteiger partial charge in [-0.15, -0.1) is 11.3 Å². The standard InChI is InChI=1S/C17H15N7O3S/c1-23-7-10(14(25)21-17(23)26)12-20-15(27-22-12)11-3-2-5-24(11)13-9-4-6-28-16(9)19-8-18-13/h4,6-8,11H,2-3,5H2,1H3,(H,21,25,26). The second-order valence-electron chi connectivity index (χ2n) is 6.56. The van der Waals surface area contributed by atoms with E-state index in [0.29, 0.717) is 5.89 Å². The number of thiophene rings is 1. The number of hydrogen-bond donors (Lipinski definition) is 1. The average Bonchev–Trinajstić information content (AvgIpc) is 3.43. The van der Waals surface area contributed by atoms with Gasteiger partial charge in [0.05, 0.1) is 5.39 Å². The van der Waals surface area contributed by atoms with Crippen molar-refractivity contribution >= 4 is 27.4 Å². The first kappa shape index (κ1) is 16.8. The number of aryl methyl sites for hydroxylation is 1. The van der Waals surface area contributed by atoms with Crippen LogP contribution in [0, 0.1) is 0 Å². The molecule has 1 aliphatic rings. The molecular formula is C17H15N7O3S. The number of aromatic amines is 1. The van der Waals surface area contributed by atoms with Gasteiger partial charge >= 0.3 is 5.69 Å². The lowest BCUT2D eigenvalue weighted by Gasteiger charge is -2.23. The maximum absolute atomic E-state index is 12.1. The van der Waals surface area contributed by atoms with Gasteiger partial charge in [0.15, 0.2) is 0 Å². The lowest BCUT2D eigenvalue weighted by molar-refractivity contribution is 0.355. The van der Waals surface area contributed by atoms with Gasteiger partial charge in [-0.05, 0) is 24.3 Å². The van der Waals surface area contributed by atoms with E-state index in [1.807, 2.05) is 11.4 Å². The normalized spacial score (nSPS) is 16.9. The Kier molecular flexibility index (Phi) is 3.83. The van der Waals surface area contributed by atoms with E-state index in [2.05, 4.69) is 30.0 Å². The van der Waals surface area contributed by atoms with Gasteiger partial charge in [-0.25, -0.2) is 14.8 Å². The maximum Gasteiger partial charge on any atom is 0.328 e. The molecule has 0 aliphatic carbocycles. The van der Waals surface area contributed by atoms with E-state index in [1.165, 1.54) is 10.8 Å². The third-order valence-corrected chi connectivity index (χ3v) is 5.66. The summed E-state index contributed by atoms with van der Waals surface area (Å²) in [5.74, 6) is 1.42. The molecule has 11 heteroatoms. The number of fused-ring (bicyclic) bond motifs is 1. The topological polar surface area (TPSA) is 123 Å². The first-order valence-corrected chi connectivity index (χ1v) is 9.58. The Morgan fingerprint density at radius 1 is 1.32 bits per heavy atom. The molecular weight excluding hydrogens is 382 g/mol. The highest BCUT2D eigenvalue weighted by Crippen LogP contribution is 2.38. The Morgan fingerprint density at radius 3 is 3.11 bits per heavy atom. The molecule has 1 saturated heterocycles. The van der Waals surface area contributed by atoms with Gasteiger partial charge in [0, 0.05) is 19.8 Å². The molecule has 0 bridgehead atoms. The summed E-state index contributed by atoms with van der Waals surface area (Å²) in [5.41, 5.74) is -0.860. The molecule has 0 amide bonds. The van der Waals surface area contributed by atoms with Gasteiger partial charge in [-0.3, -0.25) is 9.78 Å². The molecule has 5 heterocycles. The molecule has 1 aliphatic heterocycles. The Hall–Kier alpha value is -3.34. The predicted octanol–water partition coefficient (Wildman–Crippen LogP) is 1.47. The number of anilines is 1. The quantitative estimate of drug-likeness (QED) is 0.551. The molecule has 10 nitrogen and oxygen atoms in total. The van der Waals surface area contributed by atoms with Crippen LogP contribution in [0.2, 0.25) is 0 Å². The molecule has 1 N–H and O–H groups in total. The number of rotatable bonds is 3. The highest BCUT2D eigenvalue weighted by Gasteiger charge is 2.33. The molecule has 4 aromatic rings. The third-order valence-electron chi connectivity index (χ3n) is 4.84. The van der Waals surface area contributed by atoms with Crippen LogP contribution in [0.5, 0.6) is 0 Å². The van der Waals surface area contributed by atoms with Crippen molar-refractivity contribution in [2.45, 2.75) is 18.9 Å². The summed E-state index contributed by atoms with van der Waals surface area (Å²) in [6.45, 7) is 0.810. The molecule has 1 fully saturated rings. The second kappa shape index (κ2) is 6.37. The Labute approximate surface area is 161 Å². The molecule has 1 unspecified atom stereocenters. The van der Waals surface area contributed by atoms with Gasteiger partial charge in [0.2, 0.25) is 11.7 Å². The molecule has 5 rings (SSSR count). The third kappa shape index (κ3) is 2.62. The average molecular weight is 397 g/mol. The Bertz CT molecular complexity index is 1290. The molecule has 0 radical (unpaired) electrons. The van der Waals surface area contributed by atoms with Crippen molar-refractivity contribution in [1.82, 2.24) is 29.7 Å². The van der Waals surface area contributed by atoms with Crippen LogP contribution in [0.4, 0.5) is 5.82 Å². The van der Waals surface area contributed by atoms with E-state index in [1.54, 1.807) is 24.7 Å². The van der Waals surface area contributed by atoms with Gasteiger partial charge in [0.1, 0.15) is 28.6 Å². The van der Waals surface area contributed by atoms with Crippen LogP contribution in [-0.2, 0) is 7.05 Å². The van der Waals surface area contributed by atoms with Gasteiger partial charge in [0.25, 0.3) is 5.56 Å². The van der Waals surface area contributed by atoms with Crippen molar-refractivity contribution in [2.75, 3.05) is 11.4 Å². The smallest absolute Gasteiger partial charge is 0.328 e. The molecule has 0 saturated carbocycles. The van der Waals surface area contributed by atoms with E-state index in [9.17, 15) is 9.59 Å². The minimum Gasteiger partial charge on any atom is -0.344 e. The van der Waals surface area contributed by atoms with Gasteiger partial charge in [-0.1, -0.05) is 5.16 Å². The fourth-order valence-corrected chi connectivity index (χ4v) is 4.21. The van der Waals surface area contributed by atoms with Crippen molar-refractivity contribution in [1.29, 1.82) is 0 Å². The lowest BCUT2D eigenvalue weighted by atomic mass is 10.2. The van der Waals surface area contributed by atoms with Crippen LogP contribution in [0.1, 0.15) is 24.8 Å². The van der Waals surface area contributed by atoms with Crippen molar-refractivity contribution in [2.24, 2.45) is 7.05 Å². The highest BCUT2D eigenvalue weighted by atomic mass is 32.1. The van der Waals surface area contributed by atoms with Gasteiger partial charge in [-0.2, -0.15) is 4.98 Å². The highest BCUT2D eigenvalue weighted by molar-refractivity contribution is 7.16. The van der Waals surface area contributed by atoms with Crippen molar-refractivity contribution < 1.29 is 4.52 Å². The van der Waals surface area contributed by atoms with Crippen molar-refractivity contribution in [3.8, 4) is 11.4 Å². The number of nitrogens with one attached hydrogen (secondary N) is 1. The SMILES string of the molecule is Cn1cc(-c2noc(C3CCCN3c3ncnc4sccc34)n2)c(=O)[nH]c1=O. The largest absolute Gasteiger partial charge is 0.344 e. The first-order chi connectivity index (χ1) is 13.6. The summed E-state index contributed by atoms with van der Waals surface area (Å²) in [6.07, 6.45) is 4.76. The van der Waals surface area contributed by atoms with E-state index >= 15 is 0 Å². The number of H-pyrrole nitrogens is 1. The zero-order chi connectivity index (χ0) is 19.3. The molecule has 28 heavy (non-hydrogen) atoms. The summed E-state index contributed by atoms with van der Waals surface area (Å²) >= 11 is 1.57. The molecule has 0 aromatic carbocycles. The minimum atomic E-state index is -0.547. The summed E-state index contributed by atoms with van der Waals surface area (Å²) < 4.78 is 6.76. The number of hydrogen-bond acceptors (Lipinski definition) is 9. The lowest BCUT2D eigenvalue weighted by Crippen LogP contribution is -2.28. The fourth-order valence-electron chi connectivity index (χ4n) is 3.49. The first-order valence-electron chi connectivity index (χ1n) is 8.70. The minimum absolute atomic E-state index is 0.133. The van der Waals surface area contributed by atoms with Crippen LogP contribution in [0.3, 0.4) is 0 Å². The van der Waals surface area contributed by atoms with Crippen molar-refractivity contribution in [3.05, 3.63) is 50.7 Å². The van der Waals surface area contributed by atoms with E-state index < -0.39 is 11.2 Å². The van der Waals surface area contributed by atoms with E-state index in [-0.39, 0.29) is 17.4 Å². The number of aromatic nitrogens is 6. The summed E-state index contributed by atoms with van der Waals surface area (Å²) in [4.78, 5) is 42.2. The molecule has 0 spiro atoms. The molecule has 142 valence electrons. The zero-order valence-electron chi connectivity index (χ0n) is 14.8. The van der Waals surface area contributed by atoms with Crippen LogP contribution in [-0.4, -0.2) is 36.2 Å². The fraction of sp³-hybridized carbons (Fsp3) is 0.294. The Morgan fingerprint density at radius 2 is 2.21 bits per heavy atom. The monoisotopic (exact) mass is 397 g/mol.